The first kappa shape index (κ1) is 25.0. The van der Waals surface area contributed by atoms with Gasteiger partial charge >= 0.3 is 5.97 Å². The highest BCUT2D eigenvalue weighted by Crippen LogP contribution is 2.43. The van der Waals surface area contributed by atoms with Crippen LogP contribution in [0.15, 0.2) is 42.5 Å². The van der Waals surface area contributed by atoms with Crippen LogP contribution in [-0.2, 0) is 4.74 Å². The fourth-order valence-electron chi connectivity index (χ4n) is 4.05. The molecule has 1 aliphatic heterocycles. The summed E-state index contributed by atoms with van der Waals surface area (Å²) in [6.07, 6.45) is -0.875. The lowest BCUT2D eigenvalue weighted by Gasteiger charge is -2.18. The second kappa shape index (κ2) is 10.2. The van der Waals surface area contributed by atoms with Gasteiger partial charge in [-0.25, -0.2) is 4.79 Å². The van der Waals surface area contributed by atoms with E-state index in [2.05, 4.69) is 5.32 Å². The minimum absolute atomic E-state index is 0.251. The highest BCUT2D eigenvalue weighted by atomic mass is 35.5. The summed E-state index contributed by atoms with van der Waals surface area (Å²) >= 11 is 6.24. The highest BCUT2D eigenvalue weighted by Gasteiger charge is 2.36. The summed E-state index contributed by atoms with van der Waals surface area (Å²) in [7, 11) is 7.33. The van der Waals surface area contributed by atoms with E-state index >= 15 is 0 Å². The molecule has 1 aliphatic rings. The third-order valence-corrected chi connectivity index (χ3v) is 5.96. The fraction of sp³-hybridized carbons (Fsp3) is 0.231. The van der Waals surface area contributed by atoms with Gasteiger partial charge in [0.2, 0.25) is 12.0 Å². The first-order chi connectivity index (χ1) is 17.4. The van der Waals surface area contributed by atoms with Gasteiger partial charge in [-0.3, -0.25) is 4.79 Å². The molecule has 1 atom stereocenters. The first-order valence-electron chi connectivity index (χ1n) is 10.7. The second-order valence-electron chi connectivity index (χ2n) is 7.63. The van der Waals surface area contributed by atoms with E-state index in [1.165, 1.54) is 41.6 Å². The van der Waals surface area contributed by atoms with Gasteiger partial charge in [-0.1, -0.05) is 11.6 Å². The molecule has 1 N–H and O–H groups in total. The summed E-state index contributed by atoms with van der Waals surface area (Å²) in [5.41, 5.74) is 1.73. The summed E-state index contributed by atoms with van der Waals surface area (Å²) in [6.45, 7) is 0. The summed E-state index contributed by atoms with van der Waals surface area (Å²) in [5.74, 6) is 0.751. The maximum atomic E-state index is 13.6. The van der Waals surface area contributed by atoms with Gasteiger partial charge in [0.25, 0.3) is 0 Å². The number of carbonyl (C=O) groups excluding carboxylic acids is 2. The first-order valence-corrected chi connectivity index (χ1v) is 11.1. The SMILES string of the molecule is COc1cc(C(=O)c2cc(Cl)ccc2N[C@H]2OC(=O)c3c2ccc(OC)c3OC)cc(OC)c1OC. The van der Waals surface area contributed by atoms with Crippen molar-refractivity contribution in [2.75, 3.05) is 40.9 Å². The topological polar surface area (TPSA) is 102 Å². The number of benzene rings is 3. The Morgan fingerprint density at radius 1 is 0.833 bits per heavy atom. The van der Waals surface area contributed by atoms with Crippen molar-refractivity contribution in [2.24, 2.45) is 0 Å². The van der Waals surface area contributed by atoms with Crippen LogP contribution in [0.4, 0.5) is 5.69 Å². The van der Waals surface area contributed by atoms with Crippen LogP contribution < -0.4 is 29.0 Å². The molecular weight excluding hydrogens is 490 g/mol. The lowest BCUT2D eigenvalue weighted by atomic mass is 10.00. The Labute approximate surface area is 212 Å². The number of carbonyl (C=O) groups is 2. The molecule has 10 heteroatoms. The molecule has 0 spiro atoms. The van der Waals surface area contributed by atoms with Crippen LogP contribution in [-0.4, -0.2) is 47.3 Å². The number of anilines is 1. The van der Waals surface area contributed by atoms with Crippen molar-refractivity contribution in [3.05, 3.63) is 69.7 Å². The minimum Gasteiger partial charge on any atom is -0.493 e. The molecule has 4 rings (SSSR count). The molecule has 0 aliphatic carbocycles. The Hall–Kier alpha value is -4.11. The van der Waals surface area contributed by atoms with Crippen LogP contribution >= 0.6 is 11.6 Å². The average Bonchev–Trinajstić information content (AvgIpc) is 3.22. The van der Waals surface area contributed by atoms with Gasteiger partial charge in [-0.2, -0.15) is 0 Å². The molecule has 1 heterocycles. The Balaban J connectivity index is 1.75. The lowest BCUT2D eigenvalue weighted by molar-refractivity contribution is 0.0435. The lowest BCUT2D eigenvalue weighted by Crippen LogP contribution is -2.14. The normalized spacial score (nSPS) is 13.9. The van der Waals surface area contributed by atoms with Crippen LogP contribution in [0.5, 0.6) is 28.7 Å². The Kier molecular flexibility index (Phi) is 7.12. The molecule has 0 saturated carbocycles. The van der Waals surface area contributed by atoms with E-state index in [9.17, 15) is 9.59 Å². The second-order valence-corrected chi connectivity index (χ2v) is 8.06. The molecule has 9 nitrogen and oxygen atoms in total. The standard InChI is InChI=1S/C26H24ClNO8/c1-31-18-9-7-15-21(24(18)35-5)26(30)36-25(15)28-17-8-6-14(27)12-16(17)22(29)13-10-19(32-2)23(34-4)20(11-13)33-3/h6-12,25,28H,1-5H3/t25-/m0/s1. The smallest absolute Gasteiger partial charge is 0.344 e. The number of esters is 1. The Morgan fingerprint density at radius 2 is 1.47 bits per heavy atom. The van der Waals surface area contributed by atoms with Gasteiger partial charge in [0, 0.05) is 27.4 Å². The number of ketones is 1. The van der Waals surface area contributed by atoms with Gasteiger partial charge in [0.15, 0.2) is 28.8 Å². The number of hydrogen-bond acceptors (Lipinski definition) is 9. The minimum atomic E-state index is -0.875. The van der Waals surface area contributed by atoms with Gasteiger partial charge in [-0.05, 0) is 42.5 Å². The Bertz CT molecular complexity index is 1310. The van der Waals surface area contributed by atoms with E-state index in [1.54, 1.807) is 36.4 Å². The Morgan fingerprint density at radius 3 is 2.06 bits per heavy atom. The van der Waals surface area contributed by atoms with Crippen molar-refractivity contribution < 1.29 is 38.0 Å². The largest absolute Gasteiger partial charge is 0.493 e. The predicted octanol–water partition coefficient (Wildman–Crippen LogP) is 4.90. The van der Waals surface area contributed by atoms with Crippen molar-refractivity contribution in [1.82, 2.24) is 0 Å². The van der Waals surface area contributed by atoms with Crippen LogP contribution in [0.3, 0.4) is 0 Å². The van der Waals surface area contributed by atoms with Crippen LogP contribution in [0.1, 0.15) is 38.1 Å². The van der Waals surface area contributed by atoms with E-state index in [4.69, 9.17) is 40.0 Å². The third kappa shape index (κ3) is 4.33. The fourth-order valence-corrected chi connectivity index (χ4v) is 4.22. The number of methoxy groups -OCH3 is 5. The number of ether oxygens (including phenoxy) is 6. The monoisotopic (exact) mass is 513 g/mol. The predicted molar refractivity (Wildman–Crippen MR) is 132 cm³/mol. The third-order valence-electron chi connectivity index (χ3n) is 5.73. The number of fused-ring (bicyclic) bond motifs is 1. The highest BCUT2D eigenvalue weighted by molar-refractivity contribution is 6.31. The summed E-state index contributed by atoms with van der Waals surface area (Å²) in [6, 6.07) is 11.3. The number of rotatable bonds is 9. The maximum Gasteiger partial charge on any atom is 0.344 e. The molecule has 0 fully saturated rings. The molecule has 3 aromatic rings. The van der Waals surface area contributed by atoms with Gasteiger partial charge in [0.1, 0.15) is 5.56 Å². The van der Waals surface area contributed by atoms with Gasteiger partial charge in [0.05, 0.1) is 35.5 Å². The summed E-state index contributed by atoms with van der Waals surface area (Å²) in [4.78, 5) is 26.3. The molecule has 0 amide bonds. The molecule has 0 unspecified atom stereocenters. The molecule has 0 saturated heterocycles. The van der Waals surface area contributed by atoms with E-state index < -0.39 is 12.2 Å². The van der Waals surface area contributed by atoms with Crippen molar-refractivity contribution in [2.45, 2.75) is 6.23 Å². The summed E-state index contributed by atoms with van der Waals surface area (Å²) in [5, 5.41) is 3.49. The van der Waals surface area contributed by atoms with E-state index in [0.717, 1.165) is 0 Å². The van der Waals surface area contributed by atoms with E-state index in [1.807, 2.05) is 0 Å². The zero-order valence-electron chi connectivity index (χ0n) is 20.3. The van der Waals surface area contributed by atoms with E-state index in [-0.39, 0.29) is 28.2 Å². The number of cyclic esters (lactones) is 1. The van der Waals surface area contributed by atoms with Crippen molar-refractivity contribution in [3.8, 4) is 28.7 Å². The molecule has 3 aromatic carbocycles. The quantitative estimate of drug-likeness (QED) is 0.316. The zero-order valence-corrected chi connectivity index (χ0v) is 21.0. The van der Waals surface area contributed by atoms with Crippen molar-refractivity contribution in [1.29, 1.82) is 0 Å². The average molecular weight is 514 g/mol. The van der Waals surface area contributed by atoms with Crippen LogP contribution in [0.25, 0.3) is 0 Å². The number of halogens is 1. The molecule has 0 aromatic heterocycles. The molecule has 0 bridgehead atoms. The zero-order chi connectivity index (χ0) is 26.0. The number of hydrogen-bond donors (Lipinski definition) is 1. The number of nitrogens with one attached hydrogen (secondary N) is 1. The molecule has 36 heavy (non-hydrogen) atoms. The van der Waals surface area contributed by atoms with Crippen LogP contribution in [0, 0.1) is 0 Å². The van der Waals surface area contributed by atoms with Gasteiger partial charge < -0.3 is 33.7 Å². The molecule has 0 radical (unpaired) electrons. The molecular formula is C26H24ClNO8. The molecule has 188 valence electrons. The van der Waals surface area contributed by atoms with Gasteiger partial charge in [-0.15, -0.1) is 0 Å². The van der Waals surface area contributed by atoms with Crippen LogP contribution in [0.2, 0.25) is 5.02 Å². The van der Waals surface area contributed by atoms with Crippen molar-refractivity contribution in [3.63, 3.8) is 0 Å². The maximum absolute atomic E-state index is 13.6. The van der Waals surface area contributed by atoms with E-state index in [0.29, 0.717) is 39.3 Å². The van der Waals surface area contributed by atoms with Crippen molar-refractivity contribution >= 4 is 29.0 Å². The summed E-state index contributed by atoms with van der Waals surface area (Å²) < 4.78 is 32.3.